The highest BCUT2D eigenvalue weighted by molar-refractivity contribution is 7.09. The zero-order valence-corrected chi connectivity index (χ0v) is 11.9. The van der Waals surface area contributed by atoms with E-state index in [1.165, 1.54) is 19.3 Å². The van der Waals surface area contributed by atoms with Gasteiger partial charge < -0.3 is 4.90 Å². The van der Waals surface area contributed by atoms with Crippen LogP contribution in [0, 0.1) is 0 Å². The van der Waals surface area contributed by atoms with E-state index in [2.05, 4.69) is 21.2 Å². The van der Waals surface area contributed by atoms with Gasteiger partial charge >= 0.3 is 0 Å². The van der Waals surface area contributed by atoms with Crippen LogP contribution >= 0.6 is 23.1 Å². The highest BCUT2D eigenvalue weighted by Crippen LogP contribution is 2.28. The van der Waals surface area contributed by atoms with Crippen molar-refractivity contribution in [3.8, 4) is 0 Å². The summed E-state index contributed by atoms with van der Waals surface area (Å²) in [6.07, 6.45) is 6.99. The van der Waals surface area contributed by atoms with Crippen molar-refractivity contribution in [2.24, 2.45) is 0 Å². The molecular formula is C12H20ClN3S. The van der Waals surface area contributed by atoms with Crippen LogP contribution in [0.4, 0.5) is 5.13 Å². The lowest BCUT2D eigenvalue weighted by Crippen LogP contribution is -2.39. The largest absolute Gasteiger partial charge is 0.344 e. The molecule has 1 saturated heterocycles. The molecule has 1 aliphatic heterocycles. The van der Waals surface area contributed by atoms with Crippen LogP contribution in [-0.4, -0.2) is 27.8 Å². The molecule has 0 saturated carbocycles. The molecule has 1 aromatic rings. The minimum Gasteiger partial charge on any atom is -0.344 e. The van der Waals surface area contributed by atoms with Gasteiger partial charge in [-0.3, -0.25) is 0 Å². The highest BCUT2D eigenvalue weighted by atomic mass is 35.5. The van der Waals surface area contributed by atoms with Crippen LogP contribution < -0.4 is 4.90 Å². The van der Waals surface area contributed by atoms with E-state index in [-0.39, 0.29) is 0 Å². The van der Waals surface area contributed by atoms with Crippen LogP contribution in [0.2, 0.25) is 0 Å². The average Bonchev–Trinajstić information content (AvgIpc) is 2.79. The lowest BCUT2D eigenvalue weighted by atomic mass is 10.0. The van der Waals surface area contributed by atoms with Crippen molar-refractivity contribution in [2.45, 2.75) is 51.5 Å². The number of rotatable bonds is 5. The second kappa shape index (κ2) is 6.55. The van der Waals surface area contributed by atoms with E-state index in [0.29, 0.717) is 6.04 Å². The standard InChI is InChI=1S/C12H20ClN3S/c1-2-5-11-14-12(17-15-11)16-9-4-3-6-10(16)7-8-13/h10H,2-9H2,1H3. The fourth-order valence-corrected chi connectivity index (χ4v) is 3.43. The van der Waals surface area contributed by atoms with Crippen molar-refractivity contribution in [2.75, 3.05) is 17.3 Å². The molecule has 96 valence electrons. The molecule has 0 spiro atoms. The topological polar surface area (TPSA) is 29.0 Å². The van der Waals surface area contributed by atoms with Crippen molar-refractivity contribution >= 4 is 28.3 Å². The Labute approximate surface area is 112 Å². The highest BCUT2D eigenvalue weighted by Gasteiger charge is 2.24. The number of anilines is 1. The summed E-state index contributed by atoms with van der Waals surface area (Å²) in [6.45, 7) is 3.28. The van der Waals surface area contributed by atoms with Gasteiger partial charge in [-0.05, 0) is 32.1 Å². The van der Waals surface area contributed by atoms with Gasteiger partial charge in [0.15, 0.2) is 0 Å². The van der Waals surface area contributed by atoms with E-state index in [1.807, 2.05) is 0 Å². The molecule has 0 aliphatic carbocycles. The maximum atomic E-state index is 5.88. The first-order valence-electron chi connectivity index (χ1n) is 6.50. The van der Waals surface area contributed by atoms with E-state index in [4.69, 9.17) is 11.6 Å². The summed E-state index contributed by atoms with van der Waals surface area (Å²) < 4.78 is 4.43. The fraction of sp³-hybridized carbons (Fsp3) is 0.833. The summed E-state index contributed by atoms with van der Waals surface area (Å²) in [5.41, 5.74) is 0. The Morgan fingerprint density at radius 1 is 1.47 bits per heavy atom. The summed E-state index contributed by atoms with van der Waals surface area (Å²) in [5.74, 6) is 1.74. The van der Waals surface area contributed by atoms with Crippen molar-refractivity contribution in [3.05, 3.63) is 5.82 Å². The maximum Gasteiger partial charge on any atom is 0.205 e. The van der Waals surface area contributed by atoms with E-state index in [0.717, 1.165) is 42.6 Å². The molecule has 1 aromatic heterocycles. The van der Waals surface area contributed by atoms with Crippen LogP contribution in [0.5, 0.6) is 0 Å². The lowest BCUT2D eigenvalue weighted by molar-refractivity contribution is 0.450. The number of aromatic nitrogens is 2. The number of hydrogen-bond acceptors (Lipinski definition) is 4. The van der Waals surface area contributed by atoms with Crippen molar-refractivity contribution in [3.63, 3.8) is 0 Å². The molecule has 17 heavy (non-hydrogen) atoms. The predicted molar refractivity (Wildman–Crippen MR) is 74.2 cm³/mol. The zero-order valence-electron chi connectivity index (χ0n) is 10.4. The molecule has 0 amide bonds. The minimum absolute atomic E-state index is 0.573. The van der Waals surface area contributed by atoms with Gasteiger partial charge in [-0.2, -0.15) is 4.37 Å². The van der Waals surface area contributed by atoms with E-state index >= 15 is 0 Å². The first kappa shape index (κ1) is 13.1. The summed E-state index contributed by atoms with van der Waals surface area (Å²) in [6, 6.07) is 0.573. The molecule has 0 N–H and O–H groups in total. The molecule has 3 nitrogen and oxygen atoms in total. The number of piperidine rings is 1. The van der Waals surface area contributed by atoms with Crippen LogP contribution in [-0.2, 0) is 6.42 Å². The molecule has 1 fully saturated rings. The molecule has 1 aliphatic rings. The van der Waals surface area contributed by atoms with E-state index < -0.39 is 0 Å². The van der Waals surface area contributed by atoms with Gasteiger partial charge in [0.1, 0.15) is 5.82 Å². The van der Waals surface area contributed by atoms with Gasteiger partial charge in [-0.15, -0.1) is 11.6 Å². The Hall–Kier alpha value is -0.350. The fourth-order valence-electron chi connectivity index (χ4n) is 2.37. The summed E-state index contributed by atoms with van der Waals surface area (Å²) >= 11 is 7.43. The summed E-state index contributed by atoms with van der Waals surface area (Å²) in [5, 5.41) is 1.10. The van der Waals surface area contributed by atoms with E-state index in [1.54, 1.807) is 11.5 Å². The van der Waals surface area contributed by atoms with Crippen LogP contribution in [0.25, 0.3) is 0 Å². The molecule has 0 bridgehead atoms. The second-order valence-electron chi connectivity index (χ2n) is 4.56. The maximum absolute atomic E-state index is 5.88. The molecule has 0 radical (unpaired) electrons. The smallest absolute Gasteiger partial charge is 0.205 e. The van der Waals surface area contributed by atoms with Crippen molar-refractivity contribution < 1.29 is 0 Å². The molecule has 5 heteroatoms. The number of aryl methyl sites for hydroxylation is 1. The lowest BCUT2D eigenvalue weighted by Gasteiger charge is -2.35. The molecule has 0 aromatic carbocycles. The van der Waals surface area contributed by atoms with Crippen LogP contribution in [0.15, 0.2) is 0 Å². The van der Waals surface area contributed by atoms with Crippen molar-refractivity contribution in [1.82, 2.24) is 9.36 Å². The molecule has 1 unspecified atom stereocenters. The van der Waals surface area contributed by atoms with Gasteiger partial charge in [-0.25, -0.2) is 4.98 Å². The van der Waals surface area contributed by atoms with Gasteiger partial charge in [0, 0.05) is 36.4 Å². The second-order valence-corrected chi connectivity index (χ2v) is 5.67. The quantitative estimate of drug-likeness (QED) is 0.769. The normalized spacial score (nSPS) is 20.8. The third-order valence-electron chi connectivity index (χ3n) is 3.25. The summed E-state index contributed by atoms with van der Waals surface area (Å²) in [7, 11) is 0. The van der Waals surface area contributed by atoms with Gasteiger partial charge in [0.05, 0.1) is 0 Å². The van der Waals surface area contributed by atoms with E-state index in [9.17, 15) is 0 Å². The Morgan fingerprint density at radius 2 is 2.35 bits per heavy atom. The number of halogens is 1. The number of nitrogens with zero attached hydrogens (tertiary/aromatic N) is 3. The van der Waals surface area contributed by atoms with Gasteiger partial charge in [0.2, 0.25) is 5.13 Å². The Morgan fingerprint density at radius 3 is 3.12 bits per heavy atom. The van der Waals surface area contributed by atoms with Crippen molar-refractivity contribution in [1.29, 1.82) is 0 Å². The first-order chi connectivity index (χ1) is 8.35. The molecular weight excluding hydrogens is 254 g/mol. The van der Waals surface area contributed by atoms with Gasteiger partial charge in [-0.1, -0.05) is 6.92 Å². The Bertz CT molecular complexity index is 340. The minimum atomic E-state index is 0.573. The first-order valence-corrected chi connectivity index (χ1v) is 7.81. The van der Waals surface area contributed by atoms with Crippen LogP contribution in [0.3, 0.4) is 0 Å². The number of hydrogen-bond donors (Lipinski definition) is 0. The van der Waals surface area contributed by atoms with Gasteiger partial charge in [0.25, 0.3) is 0 Å². The third kappa shape index (κ3) is 3.32. The number of alkyl halides is 1. The zero-order chi connectivity index (χ0) is 12.1. The van der Waals surface area contributed by atoms with Crippen LogP contribution in [0.1, 0.15) is 44.9 Å². The molecule has 1 atom stereocenters. The predicted octanol–water partition coefficient (Wildman–Crippen LogP) is 3.48. The average molecular weight is 274 g/mol. The monoisotopic (exact) mass is 273 g/mol. The molecule has 2 rings (SSSR count). The SMILES string of the molecule is CCCc1nsc(N2CCCCC2CCCl)n1. The molecule has 2 heterocycles. The Kier molecular flexibility index (Phi) is 5.04. The summed E-state index contributed by atoms with van der Waals surface area (Å²) in [4.78, 5) is 7.07. The third-order valence-corrected chi connectivity index (χ3v) is 4.26. The Balaban J connectivity index is 2.06.